The zero-order valence-corrected chi connectivity index (χ0v) is 14.8. The molecule has 1 heterocycles. The molecule has 27 heavy (non-hydrogen) atoms. The smallest absolute Gasteiger partial charge is 0.337 e. The lowest BCUT2D eigenvalue weighted by atomic mass is 9.90. The first kappa shape index (κ1) is 17.2. The van der Waals surface area contributed by atoms with Gasteiger partial charge in [-0.1, -0.05) is 12.1 Å². The minimum absolute atomic E-state index is 0.123. The second-order valence-corrected chi connectivity index (χ2v) is 6.52. The molecular weight excluding hydrogens is 347 g/mol. The molecule has 0 bridgehead atoms. The van der Waals surface area contributed by atoms with Crippen molar-refractivity contribution in [2.24, 2.45) is 0 Å². The summed E-state index contributed by atoms with van der Waals surface area (Å²) in [5, 5.41) is 0.375. The molecule has 1 aliphatic rings. The fourth-order valence-electron chi connectivity index (χ4n) is 3.43. The SMILES string of the molecule is COC(=O)c1ccc2oc3c(c(=O)c2c1)CCCC3=Cc1ccc(F)cc1. The van der Waals surface area contributed by atoms with Gasteiger partial charge in [0, 0.05) is 5.56 Å². The quantitative estimate of drug-likeness (QED) is 0.624. The highest BCUT2D eigenvalue weighted by molar-refractivity contribution is 5.94. The van der Waals surface area contributed by atoms with Crippen LogP contribution in [0.1, 0.15) is 40.1 Å². The number of fused-ring (bicyclic) bond motifs is 2. The van der Waals surface area contributed by atoms with E-state index < -0.39 is 5.97 Å². The maximum atomic E-state index is 13.1. The van der Waals surface area contributed by atoms with Crippen LogP contribution in [0.25, 0.3) is 22.6 Å². The van der Waals surface area contributed by atoms with Gasteiger partial charge in [-0.2, -0.15) is 0 Å². The molecule has 136 valence electrons. The maximum Gasteiger partial charge on any atom is 0.337 e. The lowest BCUT2D eigenvalue weighted by Gasteiger charge is -2.18. The number of allylic oxidation sites excluding steroid dienone is 1. The van der Waals surface area contributed by atoms with Gasteiger partial charge >= 0.3 is 5.97 Å². The van der Waals surface area contributed by atoms with Gasteiger partial charge < -0.3 is 9.15 Å². The Labute approximate surface area is 154 Å². The van der Waals surface area contributed by atoms with Crippen molar-refractivity contribution in [3.63, 3.8) is 0 Å². The maximum absolute atomic E-state index is 13.1. The van der Waals surface area contributed by atoms with E-state index in [1.54, 1.807) is 24.3 Å². The van der Waals surface area contributed by atoms with E-state index in [9.17, 15) is 14.0 Å². The molecule has 1 aliphatic carbocycles. The third-order valence-electron chi connectivity index (χ3n) is 4.78. The first-order valence-corrected chi connectivity index (χ1v) is 8.71. The summed E-state index contributed by atoms with van der Waals surface area (Å²) < 4.78 is 23.9. The van der Waals surface area contributed by atoms with Crippen molar-refractivity contribution < 1.29 is 18.3 Å². The Bertz CT molecular complexity index is 1120. The van der Waals surface area contributed by atoms with Crippen molar-refractivity contribution in [2.45, 2.75) is 19.3 Å². The van der Waals surface area contributed by atoms with E-state index in [-0.39, 0.29) is 11.2 Å². The molecular formula is C22H17FO4. The van der Waals surface area contributed by atoms with Crippen molar-refractivity contribution in [1.29, 1.82) is 0 Å². The van der Waals surface area contributed by atoms with Gasteiger partial charge in [0.1, 0.15) is 17.2 Å². The predicted molar refractivity (Wildman–Crippen MR) is 101 cm³/mol. The van der Waals surface area contributed by atoms with E-state index in [1.807, 2.05) is 6.08 Å². The molecule has 4 nitrogen and oxygen atoms in total. The monoisotopic (exact) mass is 364 g/mol. The fourth-order valence-corrected chi connectivity index (χ4v) is 3.43. The molecule has 0 saturated carbocycles. The normalized spacial score (nSPS) is 15.0. The summed E-state index contributed by atoms with van der Waals surface area (Å²) in [7, 11) is 1.30. The van der Waals surface area contributed by atoms with Gasteiger partial charge in [0.15, 0.2) is 5.43 Å². The average molecular weight is 364 g/mol. The number of hydrogen-bond donors (Lipinski definition) is 0. The second kappa shape index (κ2) is 6.83. The summed E-state index contributed by atoms with van der Waals surface area (Å²) >= 11 is 0. The molecule has 4 rings (SSSR count). The highest BCUT2D eigenvalue weighted by atomic mass is 19.1. The number of benzene rings is 2. The molecule has 2 aromatic carbocycles. The summed E-state index contributed by atoms with van der Waals surface area (Å²) in [4.78, 5) is 24.7. The van der Waals surface area contributed by atoms with Crippen LogP contribution < -0.4 is 5.43 Å². The third-order valence-corrected chi connectivity index (χ3v) is 4.78. The van der Waals surface area contributed by atoms with Crippen LogP contribution in [0, 0.1) is 5.82 Å². The van der Waals surface area contributed by atoms with Gasteiger partial charge in [0.05, 0.1) is 18.1 Å². The molecule has 1 aromatic heterocycles. The predicted octanol–water partition coefficient (Wildman–Crippen LogP) is 4.60. The van der Waals surface area contributed by atoms with Gasteiger partial charge in [-0.05, 0) is 66.8 Å². The Morgan fingerprint density at radius 3 is 2.67 bits per heavy atom. The van der Waals surface area contributed by atoms with E-state index in [1.165, 1.54) is 25.3 Å². The third kappa shape index (κ3) is 3.16. The first-order chi connectivity index (χ1) is 13.1. The summed E-state index contributed by atoms with van der Waals surface area (Å²) in [6, 6.07) is 10.9. The number of hydrogen-bond acceptors (Lipinski definition) is 4. The second-order valence-electron chi connectivity index (χ2n) is 6.52. The molecule has 0 atom stereocenters. The lowest BCUT2D eigenvalue weighted by molar-refractivity contribution is 0.0601. The van der Waals surface area contributed by atoms with Crippen LogP contribution >= 0.6 is 0 Å². The van der Waals surface area contributed by atoms with Gasteiger partial charge in [-0.15, -0.1) is 0 Å². The van der Waals surface area contributed by atoms with Crippen LogP contribution in [0.5, 0.6) is 0 Å². The number of carbonyl (C=O) groups is 1. The Kier molecular flexibility index (Phi) is 4.36. The summed E-state index contributed by atoms with van der Waals surface area (Å²) in [6.45, 7) is 0. The van der Waals surface area contributed by atoms with Crippen molar-refractivity contribution in [2.75, 3.05) is 7.11 Å². The summed E-state index contributed by atoms with van der Waals surface area (Å²) in [5.41, 5.74) is 3.00. The summed E-state index contributed by atoms with van der Waals surface area (Å²) in [5.74, 6) is -0.208. The summed E-state index contributed by atoms with van der Waals surface area (Å²) in [6.07, 6.45) is 4.15. The Morgan fingerprint density at radius 2 is 1.93 bits per heavy atom. The van der Waals surface area contributed by atoms with Crippen LogP contribution in [0.3, 0.4) is 0 Å². The van der Waals surface area contributed by atoms with Crippen molar-refractivity contribution in [3.8, 4) is 0 Å². The fraction of sp³-hybridized carbons (Fsp3) is 0.182. The van der Waals surface area contributed by atoms with Gasteiger partial charge in [-0.3, -0.25) is 4.79 Å². The molecule has 0 radical (unpaired) electrons. The van der Waals surface area contributed by atoms with E-state index >= 15 is 0 Å². The number of methoxy groups -OCH3 is 1. The van der Waals surface area contributed by atoms with Crippen LogP contribution in [0.15, 0.2) is 51.7 Å². The van der Waals surface area contributed by atoms with E-state index in [0.717, 1.165) is 24.0 Å². The minimum Gasteiger partial charge on any atom is -0.465 e. The number of halogens is 1. The molecule has 0 N–H and O–H groups in total. The molecule has 0 saturated heterocycles. The number of carbonyl (C=O) groups excluding carboxylic acids is 1. The molecule has 0 amide bonds. The molecule has 0 fully saturated rings. The van der Waals surface area contributed by atoms with Gasteiger partial charge in [0.25, 0.3) is 0 Å². The number of rotatable bonds is 2. The Hall–Kier alpha value is -3.21. The van der Waals surface area contributed by atoms with Crippen LogP contribution in [-0.4, -0.2) is 13.1 Å². The highest BCUT2D eigenvalue weighted by Crippen LogP contribution is 2.33. The van der Waals surface area contributed by atoms with E-state index in [4.69, 9.17) is 9.15 Å². The van der Waals surface area contributed by atoms with Crippen molar-refractivity contribution >= 4 is 28.6 Å². The molecule has 0 spiro atoms. The number of ether oxygens (including phenoxy) is 1. The zero-order valence-electron chi connectivity index (χ0n) is 14.8. The van der Waals surface area contributed by atoms with Gasteiger partial charge in [0.2, 0.25) is 0 Å². The van der Waals surface area contributed by atoms with Crippen molar-refractivity contribution in [3.05, 3.63) is 81.0 Å². The first-order valence-electron chi connectivity index (χ1n) is 8.71. The lowest BCUT2D eigenvalue weighted by Crippen LogP contribution is -2.16. The molecule has 5 heteroatoms. The van der Waals surface area contributed by atoms with Crippen LogP contribution in [-0.2, 0) is 11.2 Å². The highest BCUT2D eigenvalue weighted by Gasteiger charge is 2.22. The van der Waals surface area contributed by atoms with Crippen LogP contribution in [0.4, 0.5) is 4.39 Å². The van der Waals surface area contributed by atoms with Crippen LogP contribution in [0.2, 0.25) is 0 Å². The Balaban J connectivity index is 1.87. The molecule has 0 aliphatic heterocycles. The topological polar surface area (TPSA) is 56.5 Å². The zero-order chi connectivity index (χ0) is 19.0. The minimum atomic E-state index is -0.495. The standard InChI is InChI=1S/C22H17FO4/c1-26-22(25)15-7-10-19-18(12-15)20(24)17-4-2-3-14(21(17)27-19)11-13-5-8-16(23)9-6-13/h5-12H,2-4H2,1H3. The van der Waals surface area contributed by atoms with E-state index in [0.29, 0.717) is 34.3 Å². The molecule has 3 aromatic rings. The van der Waals surface area contributed by atoms with Crippen molar-refractivity contribution in [1.82, 2.24) is 0 Å². The molecule has 0 unspecified atom stereocenters. The van der Waals surface area contributed by atoms with Gasteiger partial charge in [-0.25, -0.2) is 9.18 Å². The van der Waals surface area contributed by atoms with E-state index in [2.05, 4.69) is 0 Å². The average Bonchev–Trinajstić information content (AvgIpc) is 2.69. The number of esters is 1. The largest absolute Gasteiger partial charge is 0.465 e. The Morgan fingerprint density at radius 1 is 1.15 bits per heavy atom.